The van der Waals surface area contributed by atoms with Gasteiger partial charge in [0.25, 0.3) is 0 Å². The van der Waals surface area contributed by atoms with Gasteiger partial charge in [0.15, 0.2) is 19.7 Å². The second kappa shape index (κ2) is 10.4. The van der Waals surface area contributed by atoms with E-state index in [1.807, 2.05) is 0 Å². The molecule has 0 saturated heterocycles. The van der Waals surface area contributed by atoms with E-state index in [0.29, 0.717) is 6.42 Å². The second-order valence-corrected chi connectivity index (χ2v) is 11.9. The van der Waals surface area contributed by atoms with E-state index in [2.05, 4.69) is 11.9 Å². The van der Waals surface area contributed by atoms with Crippen molar-refractivity contribution in [1.82, 2.24) is 5.32 Å². The van der Waals surface area contributed by atoms with Gasteiger partial charge in [-0.05, 0) is 36.6 Å². The number of amides is 1. The number of sulfone groups is 2. The van der Waals surface area contributed by atoms with Gasteiger partial charge in [-0.25, -0.2) is 21.6 Å². The van der Waals surface area contributed by atoms with Crippen LogP contribution in [0.3, 0.4) is 0 Å². The van der Waals surface area contributed by atoms with Crippen LogP contribution in [-0.4, -0.2) is 46.1 Å². The second-order valence-electron chi connectivity index (χ2n) is 7.66. The SMILES string of the molecule is C=CCOC(=O)N[C@@H]1C=C[C@@H](CC)[C@@H](S(=O)(=O)c2ccccc2)[C@@H]1S(=O)(=O)c1ccccc1. The highest BCUT2D eigenvalue weighted by Crippen LogP contribution is 2.37. The molecule has 0 saturated carbocycles. The fourth-order valence-electron chi connectivity index (χ4n) is 4.05. The summed E-state index contributed by atoms with van der Waals surface area (Å²) in [5.41, 5.74) is 0. The first-order chi connectivity index (χ1) is 15.7. The maximum Gasteiger partial charge on any atom is 0.407 e. The molecule has 9 heteroatoms. The minimum absolute atomic E-state index is 0.0142. The molecule has 0 spiro atoms. The van der Waals surface area contributed by atoms with Crippen molar-refractivity contribution in [1.29, 1.82) is 0 Å². The summed E-state index contributed by atoms with van der Waals surface area (Å²) >= 11 is 0. The van der Waals surface area contributed by atoms with Crippen LogP contribution in [0.25, 0.3) is 0 Å². The third kappa shape index (κ3) is 5.20. The van der Waals surface area contributed by atoms with Crippen molar-refractivity contribution in [2.75, 3.05) is 6.61 Å². The third-order valence-electron chi connectivity index (χ3n) is 5.61. The molecule has 1 amide bonds. The van der Waals surface area contributed by atoms with E-state index in [-0.39, 0.29) is 16.4 Å². The Labute approximate surface area is 195 Å². The Morgan fingerprint density at radius 2 is 1.42 bits per heavy atom. The van der Waals surface area contributed by atoms with Gasteiger partial charge < -0.3 is 10.1 Å². The fraction of sp³-hybridized carbons (Fsp3) is 0.292. The summed E-state index contributed by atoms with van der Waals surface area (Å²) in [4.78, 5) is 12.3. The number of alkyl carbamates (subject to hydrolysis) is 1. The molecule has 0 bridgehead atoms. The van der Waals surface area contributed by atoms with Crippen LogP contribution in [0.1, 0.15) is 13.3 Å². The number of rotatable bonds is 8. The maximum absolute atomic E-state index is 13.8. The fourth-order valence-corrected chi connectivity index (χ4v) is 9.00. The molecule has 2 aromatic rings. The monoisotopic (exact) mass is 489 g/mol. The van der Waals surface area contributed by atoms with E-state index >= 15 is 0 Å². The summed E-state index contributed by atoms with van der Waals surface area (Å²) in [6.45, 7) is 5.22. The van der Waals surface area contributed by atoms with Gasteiger partial charge in [0.05, 0.1) is 21.1 Å². The molecule has 0 aromatic heterocycles. The highest BCUT2D eigenvalue weighted by Gasteiger charge is 2.51. The Hall–Kier alpha value is -2.91. The zero-order valence-electron chi connectivity index (χ0n) is 18.2. The number of hydrogen-bond acceptors (Lipinski definition) is 6. The lowest BCUT2D eigenvalue weighted by Crippen LogP contribution is -2.57. The lowest BCUT2D eigenvalue weighted by molar-refractivity contribution is 0.155. The number of nitrogens with one attached hydrogen (secondary N) is 1. The Bertz CT molecular complexity index is 1210. The molecule has 0 radical (unpaired) electrons. The first-order valence-corrected chi connectivity index (χ1v) is 13.6. The Kier molecular flexibility index (Phi) is 7.76. The molecule has 0 heterocycles. The number of allylic oxidation sites excluding steroid dienone is 1. The molecule has 176 valence electrons. The van der Waals surface area contributed by atoms with Crippen LogP contribution in [0.15, 0.2) is 95.3 Å². The summed E-state index contributed by atoms with van der Waals surface area (Å²) in [7, 11) is -8.27. The average Bonchev–Trinajstić information content (AvgIpc) is 2.83. The van der Waals surface area contributed by atoms with Crippen molar-refractivity contribution in [2.45, 2.75) is 39.7 Å². The normalized spacial score (nSPS) is 22.9. The summed E-state index contributed by atoms with van der Waals surface area (Å²) in [5.74, 6) is -0.569. The molecule has 0 unspecified atom stereocenters. The number of benzene rings is 2. The minimum atomic E-state index is -4.18. The highest BCUT2D eigenvalue weighted by atomic mass is 32.2. The van der Waals surface area contributed by atoms with Crippen LogP contribution < -0.4 is 5.32 Å². The summed E-state index contributed by atoms with van der Waals surface area (Å²) in [6.07, 6.45) is 4.14. The molecule has 2 aromatic carbocycles. The number of carbonyl (C=O) groups is 1. The predicted molar refractivity (Wildman–Crippen MR) is 126 cm³/mol. The van der Waals surface area contributed by atoms with Gasteiger partial charge in [-0.3, -0.25) is 0 Å². The molecule has 7 nitrogen and oxygen atoms in total. The summed E-state index contributed by atoms with van der Waals surface area (Å²) < 4.78 is 60.2. The molecule has 1 aliphatic carbocycles. The van der Waals surface area contributed by atoms with Gasteiger partial charge in [0, 0.05) is 0 Å². The zero-order chi connectivity index (χ0) is 24.1. The van der Waals surface area contributed by atoms with Crippen molar-refractivity contribution >= 4 is 25.8 Å². The zero-order valence-corrected chi connectivity index (χ0v) is 19.8. The quantitative estimate of drug-likeness (QED) is 0.569. The van der Waals surface area contributed by atoms with E-state index in [4.69, 9.17) is 4.74 Å². The molecular weight excluding hydrogens is 462 g/mol. The topological polar surface area (TPSA) is 107 Å². The molecule has 1 aliphatic rings. The van der Waals surface area contributed by atoms with Crippen LogP contribution >= 0.6 is 0 Å². The van der Waals surface area contributed by atoms with Crippen molar-refractivity contribution in [3.05, 3.63) is 85.5 Å². The molecule has 0 fully saturated rings. The van der Waals surface area contributed by atoms with Crippen LogP contribution in [0.5, 0.6) is 0 Å². The standard InChI is InChI=1S/C24H27NO6S2/c1-3-17-31-24(26)25-21-16-15-18(4-2)22(32(27,28)19-11-7-5-8-12-19)23(21)33(29,30)20-13-9-6-10-14-20/h3,5-16,18,21-23H,1,4,17H2,2H3,(H,25,26)/t18-,21-,22-,23-/m1/s1. The molecule has 0 aliphatic heterocycles. The van der Waals surface area contributed by atoms with Crippen LogP contribution in [0, 0.1) is 5.92 Å². The van der Waals surface area contributed by atoms with Gasteiger partial charge in [0.2, 0.25) is 0 Å². The van der Waals surface area contributed by atoms with Gasteiger partial charge in [0.1, 0.15) is 11.9 Å². The van der Waals surface area contributed by atoms with E-state index in [1.165, 1.54) is 30.3 Å². The third-order valence-corrected chi connectivity index (χ3v) is 10.3. The van der Waals surface area contributed by atoms with Gasteiger partial charge >= 0.3 is 6.09 Å². The van der Waals surface area contributed by atoms with Crippen LogP contribution in [0.2, 0.25) is 0 Å². The van der Waals surface area contributed by atoms with E-state index in [0.717, 1.165) is 0 Å². The van der Waals surface area contributed by atoms with Gasteiger partial charge in [-0.2, -0.15) is 0 Å². The molecule has 3 rings (SSSR count). The number of ether oxygens (including phenoxy) is 1. The Morgan fingerprint density at radius 1 is 0.909 bits per heavy atom. The van der Waals surface area contributed by atoms with E-state index < -0.39 is 48.2 Å². The lowest BCUT2D eigenvalue weighted by Gasteiger charge is -2.38. The Morgan fingerprint density at radius 3 is 1.91 bits per heavy atom. The van der Waals surface area contributed by atoms with Gasteiger partial charge in [-0.1, -0.05) is 68.1 Å². The van der Waals surface area contributed by atoms with E-state index in [1.54, 1.807) is 55.5 Å². The minimum Gasteiger partial charge on any atom is -0.445 e. The van der Waals surface area contributed by atoms with Gasteiger partial charge in [-0.15, -0.1) is 0 Å². The molecule has 1 N–H and O–H groups in total. The maximum atomic E-state index is 13.8. The summed E-state index contributed by atoms with van der Waals surface area (Å²) in [6, 6.07) is 14.3. The molecule has 4 atom stereocenters. The molecule has 33 heavy (non-hydrogen) atoms. The van der Waals surface area contributed by atoms with Crippen LogP contribution in [-0.2, 0) is 24.4 Å². The Balaban J connectivity index is 2.18. The summed E-state index contributed by atoms with van der Waals surface area (Å²) in [5, 5.41) is -0.238. The van der Waals surface area contributed by atoms with Crippen molar-refractivity contribution in [3.8, 4) is 0 Å². The lowest BCUT2D eigenvalue weighted by atomic mass is 9.90. The highest BCUT2D eigenvalue weighted by molar-refractivity contribution is 7.96. The average molecular weight is 490 g/mol. The first-order valence-electron chi connectivity index (χ1n) is 10.5. The number of carbonyl (C=O) groups excluding carboxylic acids is 1. The number of hydrogen-bond donors (Lipinski definition) is 1. The molecular formula is C24H27NO6S2. The van der Waals surface area contributed by atoms with E-state index in [9.17, 15) is 21.6 Å². The largest absolute Gasteiger partial charge is 0.445 e. The van der Waals surface area contributed by atoms with Crippen molar-refractivity contribution in [2.24, 2.45) is 5.92 Å². The van der Waals surface area contributed by atoms with Crippen molar-refractivity contribution < 1.29 is 26.4 Å². The van der Waals surface area contributed by atoms with Crippen molar-refractivity contribution in [3.63, 3.8) is 0 Å². The smallest absolute Gasteiger partial charge is 0.407 e. The van der Waals surface area contributed by atoms with Crippen LogP contribution in [0.4, 0.5) is 4.79 Å². The predicted octanol–water partition coefficient (Wildman–Crippen LogP) is 3.55. The first kappa shape index (κ1) is 24.7.